The van der Waals surface area contributed by atoms with Gasteiger partial charge in [-0.05, 0) is 18.6 Å². The lowest BCUT2D eigenvalue weighted by Crippen LogP contribution is -2.23. The Morgan fingerprint density at radius 2 is 2.07 bits per heavy atom. The molecule has 0 spiro atoms. The smallest absolute Gasteiger partial charge is 0.124 e. The van der Waals surface area contributed by atoms with Gasteiger partial charge in [-0.1, -0.05) is 6.07 Å². The van der Waals surface area contributed by atoms with E-state index in [0.717, 1.165) is 5.56 Å². The zero-order valence-electron chi connectivity index (χ0n) is 7.88. The van der Waals surface area contributed by atoms with E-state index < -0.39 is 18.8 Å². The van der Waals surface area contributed by atoms with Gasteiger partial charge in [-0.2, -0.15) is 0 Å². The summed E-state index contributed by atoms with van der Waals surface area (Å²) in [5.74, 6) is 0.273. The van der Waals surface area contributed by atoms with E-state index >= 15 is 0 Å². The molecule has 14 heavy (non-hydrogen) atoms. The first-order valence-corrected chi connectivity index (χ1v) is 4.26. The summed E-state index contributed by atoms with van der Waals surface area (Å²) in [7, 11) is 0. The Morgan fingerprint density at radius 3 is 2.64 bits per heavy atom. The highest BCUT2D eigenvalue weighted by Gasteiger charge is 2.20. The minimum absolute atomic E-state index is 0.273. The van der Waals surface area contributed by atoms with Crippen molar-refractivity contribution in [1.82, 2.24) is 4.98 Å². The number of nitrogen functional groups attached to an aromatic ring is 1. The third-order valence-electron chi connectivity index (χ3n) is 1.99. The minimum Gasteiger partial charge on any atom is -0.394 e. The van der Waals surface area contributed by atoms with Crippen LogP contribution in [0.4, 0.5) is 5.82 Å². The normalized spacial score (nSPS) is 15.1. The van der Waals surface area contributed by atoms with E-state index in [9.17, 15) is 10.2 Å². The highest BCUT2D eigenvalue weighted by Crippen LogP contribution is 2.19. The Bertz CT molecular complexity index is 317. The van der Waals surface area contributed by atoms with Crippen molar-refractivity contribution in [2.45, 2.75) is 19.1 Å². The van der Waals surface area contributed by atoms with Crippen LogP contribution in [0.5, 0.6) is 0 Å². The molecule has 0 saturated heterocycles. The predicted molar refractivity (Wildman–Crippen MR) is 51.4 cm³/mol. The van der Waals surface area contributed by atoms with Crippen molar-refractivity contribution in [2.24, 2.45) is 0 Å². The zero-order valence-corrected chi connectivity index (χ0v) is 7.88. The molecule has 78 valence electrons. The molecule has 5 heteroatoms. The topological polar surface area (TPSA) is 99.6 Å². The van der Waals surface area contributed by atoms with Crippen molar-refractivity contribution in [3.8, 4) is 0 Å². The van der Waals surface area contributed by atoms with Gasteiger partial charge in [0.05, 0.1) is 12.3 Å². The number of aryl methyl sites for hydroxylation is 1. The van der Waals surface area contributed by atoms with Crippen LogP contribution in [0, 0.1) is 6.92 Å². The molecule has 1 aromatic heterocycles. The van der Waals surface area contributed by atoms with Gasteiger partial charge in [0.2, 0.25) is 0 Å². The maximum Gasteiger partial charge on any atom is 0.124 e. The van der Waals surface area contributed by atoms with Crippen LogP contribution >= 0.6 is 0 Å². The Morgan fingerprint density at radius 1 is 1.43 bits per heavy atom. The first-order chi connectivity index (χ1) is 6.56. The monoisotopic (exact) mass is 198 g/mol. The molecular weight excluding hydrogens is 184 g/mol. The van der Waals surface area contributed by atoms with Gasteiger partial charge < -0.3 is 21.1 Å². The predicted octanol–water partition coefficient (Wildman–Crippen LogP) is -0.641. The van der Waals surface area contributed by atoms with Gasteiger partial charge in [-0.3, -0.25) is 0 Å². The Kier molecular flexibility index (Phi) is 3.40. The second kappa shape index (κ2) is 4.36. The molecule has 0 fully saturated rings. The quantitative estimate of drug-likeness (QED) is 0.517. The summed E-state index contributed by atoms with van der Waals surface area (Å²) < 4.78 is 0. The lowest BCUT2D eigenvalue weighted by molar-refractivity contribution is -0.0175. The number of aliphatic hydroxyl groups excluding tert-OH is 3. The van der Waals surface area contributed by atoms with Crippen LogP contribution in [0.1, 0.15) is 17.4 Å². The van der Waals surface area contributed by atoms with Crippen LogP contribution in [-0.4, -0.2) is 33.0 Å². The van der Waals surface area contributed by atoms with E-state index in [0.29, 0.717) is 5.69 Å². The number of aliphatic hydroxyl groups is 3. The van der Waals surface area contributed by atoms with Gasteiger partial charge in [-0.25, -0.2) is 4.98 Å². The van der Waals surface area contributed by atoms with Crippen LogP contribution in [0.25, 0.3) is 0 Å². The van der Waals surface area contributed by atoms with E-state index in [1.807, 2.05) is 0 Å². The molecule has 0 aliphatic rings. The highest BCUT2D eigenvalue weighted by molar-refractivity contribution is 5.34. The molecule has 0 amide bonds. The fourth-order valence-corrected chi connectivity index (χ4v) is 1.14. The number of anilines is 1. The number of rotatable bonds is 3. The molecule has 2 atom stereocenters. The van der Waals surface area contributed by atoms with Crippen LogP contribution in [-0.2, 0) is 0 Å². The number of nitrogens with two attached hydrogens (primary N) is 1. The van der Waals surface area contributed by atoms with Gasteiger partial charge in [-0.15, -0.1) is 0 Å². The van der Waals surface area contributed by atoms with Gasteiger partial charge >= 0.3 is 0 Å². The molecule has 1 heterocycles. The Hall–Kier alpha value is -1.17. The van der Waals surface area contributed by atoms with Crippen molar-refractivity contribution in [2.75, 3.05) is 12.3 Å². The summed E-state index contributed by atoms with van der Waals surface area (Å²) in [6.45, 7) is 1.23. The van der Waals surface area contributed by atoms with Gasteiger partial charge in [0, 0.05) is 0 Å². The fraction of sp³-hybridized carbons (Fsp3) is 0.444. The fourth-order valence-electron chi connectivity index (χ4n) is 1.14. The number of hydrogen-bond acceptors (Lipinski definition) is 5. The van der Waals surface area contributed by atoms with Gasteiger partial charge in [0.25, 0.3) is 0 Å². The second-order valence-corrected chi connectivity index (χ2v) is 3.13. The summed E-state index contributed by atoms with van der Waals surface area (Å²) in [5.41, 5.74) is 6.46. The molecule has 0 saturated carbocycles. The van der Waals surface area contributed by atoms with Crippen molar-refractivity contribution >= 4 is 5.82 Å². The van der Waals surface area contributed by atoms with Crippen molar-refractivity contribution < 1.29 is 15.3 Å². The Labute approximate surface area is 81.8 Å². The lowest BCUT2D eigenvalue weighted by atomic mass is 10.1. The largest absolute Gasteiger partial charge is 0.394 e. The molecule has 5 N–H and O–H groups in total. The number of hydrogen-bond donors (Lipinski definition) is 4. The van der Waals surface area contributed by atoms with Gasteiger partial charge in [0.15, 0.2) is 0 Å². The third-order valence-corrected chi connectivity index (χ3v) is 1.99. The Balaban J connectivity index is 2.99. The third kappa shape index (κ3) is 2.20. The molecule has 5 nitrogen and oxygen atoms in total. The minimum atomic E-state index is -1.23. The number of aromatic nitrogens is 1. The van der Waals surface area contributed by atoms with Crippen LogP contribution in [0.2, 0.25) is 0 Å². The van der Waals surface area contributed by atoms with E-state index in [2.05, 4.69) is 4.98 Å². The molecule has 2 unspecified atom stereocenters. The summed E-state index contributed by atoms with van der Waals surface area (Å²) in [6.07, 6.45) is -2.44. The van der Waals surface area contributed by atoms with E-state index in [1.165, 1.54) is 0 Å². The first-order valence-electron chi connectivity index (χ1n) is 4.26. The highest BCUT2D eigenvalue weighted by atomic mass is 16.4. The van der Waals surface area contributed by atoms with E-state index in [1.54, 1.807) is 19.1 Å². The summed E-state index contributed by atoms with van der Waals surface area (Å²) in [6, 6.07) is 3.31. The van der Waals surface area contributed by atoms with Crippen LogP contribution < -0.4 is 5.73 Å². The number of nitrogens with zero attached hydrogens (tertiary/aromatic N) is 1. The maximum atomic E-state index is 9.57. The summed E-state index contributed by atoms with van der Waals surface area (Å²) >= 11 is 0. The molecule has 0 aliphatic heterocycles. The molecule has 0 aromatic carbocycles. The van der Waals surface area contributed by atoms with Crippen molar-refractivity contribution in [3.05, 3.63) is 23.4 Å². The summed E-state index contributed by atoms with van der Waals surface area (Å²) in [5, 5.41) is 27.4. The SMILES string of the molecule is Cc1ccc(N)nc1C(O)C(O)CO. The first kappa shape index (κ1) is 10.9. The standard InChI is InChI=1S/C9H14N2O3/c1-5-2-3-7(10)11-8(5)9(14)6(13)4-12/h2-3,6,9,12-14H,4H2,1H3,(H2,10,11). The van der Waals surface area contributed by atoms with E-state index in [-0.39, 0.29) is 5.82 Å². The molecule has 0 aliphatic carbocycles. The maximum absolute atomic E-state index is 9.57. The average molecular weight is 198 g/mol. The number of pyridine rings is 1. The van der Waals surface area contributed by atoms with E-state index in [4.69, 9.17) is 10.8 Å². The molecule has 1 aromatic rings. The van der Waals surface area contributed by atoms with Crippen molar-refractivity contribution in [1.29, 1.82) is 0 Å². The summed E-state index contributed by atoms with van der Waals surface area (Å²) in [4.78, 5) is 3.90. The molecule has 0 radical (unpaired) electrons. The van der Waals surface area contributed by atoms with Crippen LogP contribution in [0.15, 0.2) is 12.1 Å². The molecular formula is C9H14N2O3. The second-order valence-electron chi connectivity index (χ2n) is 3.13. The molecule has 0 bridgehead atoms. The molecule has 1 rings (SSSR count). The average Bonchev–Trinajstić information content (AvgIpc) is 2.19. The zero-order chi connectivity index (χ0) is 10.7. The van der Waals surface area contributed by atoms with Crippen molar-refractivity contribution in [3.63, 3.8) is 0 Å². The van der Waals surface area contributed by atoms with Crippen LogP contribution in [0.3, 0.4) is 0 Å². The van der Waals surface area contributed by atoms with Gasteiger partial charge in [0.1, 0.15) is 18.0 Å². The lowest BCUT2D eigenvalue weighted by Gasteiger charge is -2.17.